The van der Waals surface area contributed by atoms with Crippen molar-refractivity contribution in [3.8, 4) is 11.1 Å². The van der Waals surface area contributed by atoms with E-state index in [1.54, 1.807) is 24.3 Å². The molecule has 8 N–H and O–H groups in total. The van der Waals surface area contributed by atoms with Gasteiger partial charge >= 0.3 is 0 Å². The highest BCUT2D eigenvalue weighted by Gasteiger charge is 2.16. The molecule has 0 spiro atoms. The molecule has 2 aromatic carbocycles. The van der Waals surface area contributed by atoms with Crippen molar-refractivity contribution in [1.82, 2.24) is 0 Å². The van der Waals surface area contributed by atoms with E-state index in [4.69, 9.17) is 22.9 Å². The molecule has 0 fully saturated rings. The lowest BCUT2D eigenvalue weighted by atomic mass is 9.93. The minimum atomic E-state index is -0.627. The van der Waals surface area contributed by atoms with Crippen molar-refractivity contribution in [2.24, 2.45) is 11.5 Å². The van der Waals surface area contributed by atoms with Gasteiger partial charge < -0.3 is 22.9 Å². The van der Waals surface area contributed by atoms with Crippen LogP contribution in [0.15, 0.2) is 36.4 Å². The SMILES string of the molecule is NC(=O)c1ccc(N)cc1-c1cc(N)ccc1C(N)=O. The van der Waals surface area contributed by atoms with Crippen LogP contribution in [0.25, 0.3) is 11.1 Å². The number of hydrogen-bond acceptors (Lipinski definition) is 4. The summed E-state index contributed by atoms with van der Waals surface area (Å²) in [4.78, 5) is 23.0. The molecule has 0 atom stereocenters. The monoisotopic (exact) mass is 270 g/mol. The first-order chi connectivity index (χ1) is 9.40. The van der Waals surface area contributed by atoms with Crippen LogP contribution in [0.3, 0.4) is 0 Å². The third kappa shape index (κ3) is 2.39. The van der Waals surface area contributed by atoms with Gasteiger partial charge in [0.2, 0.25) is 11.8 Å². The zero-order chi connectivity index (χ0) is 14.9. The minimum absolute atomic E-state index is 0.243. The highest BCUT2D eigenvalue weighted by Crippen LogP contribution is 2.30. The van der Waals surface area contributed by atoms with E-state index < -0.39 is 11.8 Å². The van der Waals surface area contributed by atoms with Gasteiger partial charge in [0, 0.05) is 22.5 Å². The summed E-state index contributed by atoms with van der Waals surface area (Å²) in [6, 6.07) is 9.23. The van der Waals surface area contributed by atoms with Crippen LogP contribution >= 0.6 is 0 Å². The number of anilines is 2. The first-order valence-electron chi connectivity index (χ1n) is 5.79. The van der Waals surface area contributed by atoms with Gasteiger partial charge in [-0.2, -0.15) is 0 Å². The smallest absolute Gasteiger partial charge is 0.249 e. The Bertz CT molecular complexity index is 649. The van der Waals surface area contributed by atoms with Gasteiger partial charge in [0.05, 0.1) is 0 Å². The Morgan fingerprint density at radius 2 is 1.05 bits per heavy atom. The van der Waals surface area contributed by atoms with Crippen LogP contribution in [0, 0.1) is 0 Å². The second kappa shape index (κ2) is 4.93. The first kappa shape index (κ1) is 13.4. The van der Waals surface area contributed by atoms with Crippen LogP contribution in [0.4, 0.5) is 11.4 Å². The summed E-state index contributed by atoms with van der Waals surface area (Å²) in [5.41, 5.74) is 24.3. The maximum atomic E-state index is 11.5. The summed E-state index contributed by atoms with van der Waals surface area (Å²) in [7, 11) is 0. The van der Waals surface area contributed by atoms with Gasteiger partial charge in [-0.1, -0.05) is 0 Å². The van der Waals surface area contributed by atoms with Crippen molar-refractivity contribution in [2.75, 3.05) is 11.5 Å². The third-order valence-corrected chi connectivity index (χ3v) is 2.91. The van der Waals surface area contributed by atoms with Gasteiger partial charge in [-0.25, -0.2) is 0 Å². The zero-order valence-corrected chi connectivity index (χ0v) is 10.6. The van der Waals surface area contributed by atoms with Crippen molar-refractivity contribution in [2.45, 2.75) is 0 Å². The molecule has 0 bridgehead atoms. The lowest BCUT2D eigenvalue weighted by Gasteiger charge is -2.12. The molecule has 6 heteroatoms. The molecule has 102 valence electrons. The maximum absolute atomic E-state index is 11.5. The molecule has 0 aliphatic rings. The Kier molecular flexibility index (Phi) is 3.30. The number of hydrogen-bond donors (Lipinski definition) is 4. The van der Waals surface area contributed by atoms with E-state index in [1.807, 2.05) is 0 Å². The largest absolute Gasteiger partial charge is 0.399 e. The Morgan fingerprint density at radius 1 is 0.700 bits per heavy atom. The molecule has 0 radical (unpaired) electrons. The van der Waals surface area contributed by atoms with E-state index in [2.05, 4.69) is 0 Å². The summed E-state index contributed by atoms with van der Waals surface area (Å²) >= 11 is 0. The molecule has 20 heavy (non-hydrogen) atoms. The van der Waals surface area contributed by atoms with Crippen LogP contribution in [-0.4, -0.2) is 11.8 Å². The molecular weight excluding hydrogens is 256 g/mol. The van der Waals surface area contributed by atoms with E-state index >= 15 is 0 Å². The molecule has 0 saturated heterocycles. The fourth-order valence-corrected chi connectivity index (χ4v) is 2.00. The van der Waals surface area contributed by atoms with Crippen LogP contribution < -0.4 is 22.9 Å². The Hall–Kier alpha value is -3.02. The predicted octanol–water partition coefficient (Wildman–Crippen LogP) is 0.716. The van der Waals surface area contributed by atoms with E-state index in [0.29, 0.717) is 22.5 Å². The van der Waals surface area contributed by atoms with Gasteiger partial charge in [0.25, 0.3) is 0 Å². The van der Waals surface area contributed by atoms with Crippen LogP contribution in [0.2, 0.25) is 0 Å². The molecule has 2 amide bonds. The normalized spacial score (nSPS) is 10.2. The summed E-state index contributed by atoms with van der Waals surface area (Å²) in [6.07, 6.45) is 0. The summed E-state index contributed by atoms with van der Waals surface area (Å²) in [6.45, 7) is 0. The topological polar surface area (TPSA) is 138 Å². The highest BCUT2D eigenvalue weighted by atomic mass is 16.1. The van der Waals surface area contributed by atoms with E-state index in [1.165, 1.54) is 12.1 Å². The number of rotatable bonds is 3. The average Bonchev–Trinajstić information content (AvgIpc) is 2.37. The molecule has 0 aliphatic heterocycles. The minimum Gasteiger partial charge on any atom is -0.399 e. The van der Waals surface area contributed by atoms with Crippen molar-refractivity contribution in [1.29, 1.82) is 0 Å². The van der Waals surface area contributed by atoms with Crippen molar-refractivity contribution in [3.63, 3.8) is 0 Å². The molecule has 0 aromatic heterocycles. The van der Waals surface area contributed by atoms with Crippen molar-refractivity contribution in [3.05, 3.63) is 47.5 Å². The average molecular weight is 270 g/mol. The second-order valence-electron chi connectivity index (χ2n) is 4.34. The van der Waals surface area contributed by atoms with Crippen molar-refractivity contribution >= 4 is 23.2 Å². The summed E-state index contributed by atoms with van der Waals surface area (Å²) in [5, 5.41) is 0. The lowest BCUT2D eigenvalue weighted by Crippen LogP contribution is -2.16. The molecule has 6 nitrogen and oxygen atoms in total. The number of primary amides is 2. The first-order valence-corrected chi connectivity index (χ1v) is 5.79. The fraction of sp³-hybridized carbons (Fsp3) is 0. The van der Waals surface area contributed by atoms with Crippen molar-refractivity contribution < 1.29 is 9.59 Å². The van der Waals surface area contributed by atoms with Gasteiger partial charge in [-0.15, -0.1) is 0 Å². The Labute approximate surface area is 115 Å². The van der Waals surface area contributed by atoms with Crippen LogP contribution in [-0.2, 0) is 0 Å². The van der Waals surface area contributed by atoms with Gasteiger partial charge in [-0.05, 0) is 47.5 Å². The van der Waals surface area contributed by atoms with Crippen LogP contribution in [0.1, 0.15) is 20.7 Å². The predicted molar refractivity (Wildman–Crippen MR) is 77.7 cm³/mol. The number of carbonyl (C=O) groups excluding carboxylic acids is 2. The fourth-order valence-electron chi connectivity index (χ4n) is 2.00. The Balaban J connectivity index is 2.79. The second-order valence-corrected chi connectivity index (χ2v) is 4.34. The molecule has 2 rings (SSSR count). The standard InChI is InChI=1S/C14H14N4O2/c15-7-1-3-9(13(17)19)11(5-7)12-6-8(16)2-4-10(12)14(18)20/h1-6H,15-16H2,(H2,17,19)(H2,18,20). The maximum Gasteiger partial charge on any atom is 0.249 e. The molecule has 0 aliphatic carbocycles. The number of nitrogens with two attached hydrogens (primary N) is 4. The lowest BCUT2D eigenvalue weighted by molar-refractivity contribution is 0.0990. The quantitative estimate of drug-likeness (QED) is 0.610. The van der Waals surface area contributed by atoms with E-state index in [0.717, 1.165) is 0 Å². The third-order valence-electron chi connectivity index (χ3n) is 2.91. The molecule has 2 aromatic rings. The zero-order valence-electron chi connectivity index (χ0n) is 10.6. The Morgan fingerprint density at radius 3 is 1.35 bits per heavy atom. The number of amides is 2. The highest BCUT2D eigenvalue weighted by molar-refractivity contribution is 6.06. The van der Waals surface area contributed by atoms with E-state index in [-0.39, 0.29) is 11.1 Å². The molecule has 0 unspecified atom stereocenters. The van der Waals surface area contributed by atoms with Gasteiger partial charge in [0.15, 0.2) is 0 Å². The molecular formula is C14H14N4O2. The molecule has 0 heterocycles. The number of carbonyl (C=O) groups is 2. The van der Waals surface area contributed by atoms with Gasteiger partial charge in [-0.3, -0.25) is 9.59 Å². The number of nitrogen functional groups attached to an aromatic ring is 2. The van der Waals surface area contributed by atoms with E-state index in [9.17, 15) is 9.59 Å². The number of benzene rings is 2. The summed E-state index contributed by atoms with van der Waals surface area (Å²) in [5.74, 6) is -1.25. The van der Waals surface area contributed by atoms with Gasteiger partial charge in [0.1, 0.15) is 0 Å². The van der Waals surface area contributed by atoms with Crippen LogP contribution in [0.5, 0.6) is 0 Å². The molecule has 0 saturated carbocycles. The summed E-state index contributed by atoms with van der Waals surface area (Å²) < 4.78 is 0.